The van der Waals surface area contributed by atoms with Crippen molar-refractivity contribution in [2.24, 2.45) is 0 Å². The quantitative estimate of drug-likeness (QED) is 0.691. The standard InChI is InChI=1S/C12H11NS/c1-8-3-4-12-11(9(8)2)7-10(14-12)5-6-13/h3-4,7H,5H2,1-2H3. The summed E-state index contributed by atoms with van der Waals surface area (Å²) in [5.41, 5.74) is 2.65. The minimum Gasteiger partial charge on any atom is -0.198 e. The molecular weight excluding hydrogens is 190 g/mol. The van der Waals surface area contributed by atoms with Gasteiger partial charge in [0.05, 0.1) is 12.5 Å². The molecule has 1 heterocycles. The molecule has 0 atom stereocenters. The molecule has 0 saturated heterocycles. The zero-order valence-corrected chi connectivity index (χ0v) is 9.11. The lowest BCUT2D eigenvalue weighted by Crippen LogP contribution is -1.79. The Bertz CT molecular complexity index is 517. The van der Waals surface area contributed by atoms with Crippen molar-refractivity contribution in [3.05, 3.63) is 34.2 Å². The van der Waals surface area contributed by atoms with E-state index in [9.17, 15) is 0 Å². The first-order chi connectivity index (χ1) is 6.72. The van der Waals surface area contributed by atoms with Gasteiger partial charge >= 0.3 is 0 Å². The lowest BCUT2D eigenvalue weighted by molar-refractivity contribution is 1.32. The summed E-state index contributed by atoms with van der Waals surface area (Å²) in [6.45, 7) is 4.26. The zero-order valence-electron chi connectivity index (χ0n) is 8.29. The van der Waals surface area contributed by atoms with Crippen LogP contribution >= 0.6 is 11.3 Å². The van der Waals surface area contributed by atoms with Gasteiger partial charge < -0.3 is 0 Å². The number of aryl methyl sites for hydroxylation is 2. The Morgan fingerprint density at radius 2 is 2.14 bits per heavy atom. The van der Waals surface area contributed by atoms with Gasteiger partial charge in [-0.2, -0.15) is 5.26 Å². The van der Waals surface area contributed by atoms with Gasteiger partial charge in [-0.25, -0.2) is 0 Å². The van der Waals surface area contributed by atoms with Gasteiger partial charge in [-0.05, 0) is 42.5 Å². The molecule has 0 N–H and O–H groups in total. The fourth-order valence-corrected chi connectivity index (χ4v) is 2.63. The smallest absolute Gasteiger partial charge is 0.0696 e. The van der Waals surface area contributed by atoms with Crippen molar-refractivity contribution in [1.29, 1.82) is 5.26 Å². The summed E-state index contributed by atoms with van der Waals surface area (Å²) in [6.07, 6.45) is 0.526. The minimum atomic E-state index is 0.526. The fraction of sp³-hybridized carbons (Fsp3) is 0.250. The Morgan fingerprint density at radius 3 is 2.86 bits per heavy atom. The van der Waals surface area contributed by atoms with E-state index in [1.54, 1.807) is 11.3 Å². The van der Waals surface area contributed by atoms with Crippen molar-refractivity contribution in [3.8, 4) is 6.07 Å². The summed E-state index contributed by atoms with van der Waals surface area (Å²) in [4.78, 5) is 1.16. The molecule has 1 nitrogen and oxygen atoms in total. The highest BCUT2D eigenvalue weighted by atomic mass is 32.1. The predicted molar refractivity (Wildman–Crippen MR) is 60.6 cm³/mol. The van der Waals surface area contributed by atoms with E-state index in [0.717, 1.165) is 4.88 Å². The Hall–Kier alpha value is -1.33. The first kappa shape index (κ1) is 9.23. The third kappa shape index (κ3) is 1.40. The van der Waals surface area contributed by atoms with Gasteiger partial charge in [0, 0.05) is 9.58 Å². The van der Waals surface area contributed by atoms with Gasteiger partial charge in [-0.3, -0.25) is 0 Å². The van der Waals surface area contributed by atoms with Gasteiger partial charge in [0.2, 0.25) is 0 Å². The van der Waals surface area contributed by atoms with Gasteiger partial charge in [0.1, 0.15) is 0 Å². The van der Waals surface area contributed by atoms with Crippen LogP contribution in [0.4, 0.5) is 0 Å². The maximum atomic E-state index is 8.63. The lowest BCUT2D eigenvalue weighted by atomic mass is 10.1. The molecule has 1 aromatic carbocycles. The van der Waals surface area contributed by atoms with Crippen LogP contribution in [0.15, 0.2) is 18.2 Å². The van der Waals surface area contributed by atoms with Crippen molar-refractivity contribution >= 4 is 21.4 Å². The normalized spacial score (nSPS) is 10.4. The highest BCUT2D eigenvalue weighted by Crippen LogP contribution is 2.29. The van der Waals surface area contributed by atoms with Crippen molar-refractivity contribution in [3.63, 3.8) is 0 Å². The van der Waals surface area contributed by atoms with E-state index in [0.29, 0.717) is 6.42 Å². The molecule has 2 rings (SSSR count). The molecule has 0 amide bonds. The number of nitrogens with zero attached hydrogens (tertiary/aromatic N) is 1. The number of rotatable bonds is 1. The molecule has 0 aliphatic rings. The summed E-state index contributed by atoms with van der Waals surface area (Å²) in [6, 6.07) is 8.62. The van der Waals surface area contributed by atoms with E-state index >= 15 is 0 Å². The van der Waals surface area contributed by atoms with Crippen molar-refractivity contribution < 1.29 is 0 Å². The molecule has 70 valence electrons. The van der Waals surface area contributed by atoms with Crippen LogP contribution < -0.4 is 0 Å². The summed E-state index contributed by atoms with van der Waals surface area (Å²) in [5.74, 6) is 0. The largest absolute Gasteiger partial charge is 0.198 e. The first-order valence-electron chi connectivity index (χ1n) is 4.58. The Balaban J connectivity index is 2.66. The molecule has 0 saturated carbocycles. The van der Waals surface area contributed by atoms with Gasteiger partial charge in [-0.15, -0.1) is 11.3 Å². The zero-order chi connectivity index (χ0) is 10.1. The van der Waals surface area contributed by atoms with Crippen LogP contribution in [0.2, 0.25) is 0 Å². The van der Waals surface area contributed by atoms with Crippen LogP contribution in [-0.4, -0.2) is 0 Å². The molecule has 0 aliphatic heterocycles. The van der Waals surface area contributed by atoms with E-state index < -0.39 is 0 Å². The first-order valence-corrected chi connectivity index (χ1v) is 5.39. The SMILES string of the molecule is Cc1ccc2sc(CC#N)cc2c1C. The predicted octanol–water partition coefficient (Wildman–Crippen LogP) is 3.58. The summed E-state index contributed by atoms with van der Waals surface area (Å²) in [7, 11) is 0. The third-order valence-corrected chi connectivity index (χ3v) is 3.65. The Kier molecular flexibility index (Phi) is 2.26. The summed E-state index contributed by atoms with van der Waals surface area (Å²) >= 11 is 1.72. The molecule has 0 spiro atoms. The van der Waals surface area contributed by atoms with Crippen LogP contribution in [0.1, 0.15) is 16.0 Å². The number of fused-ring (bicyclic) bond motifs is 1. The number of hydrogen-bond donors (Lipinski definition) is 0. The average molecular weight is 201 g/mol. The van der Waals surface area contributed by atoms with E-state index in [1.807, 2.05) is 0 Å². The maximum absolute atomic E-state index is 8.63. The van der Waals surface area contributed by atoms with E-state index in [1.165, 1.54) is 21.2 Å². The molecule has 2 heteroatoms. The lowest BCUT2D eigenvalue weighted by Gasteiger charge is -1.99. The number of hydrogen-bond acceptors (Lipinski definition) is 2. The molecule has 0 unspecified atom stereocenters. The number of thiophene rings is 1. The highest BCUT2D eigenvalue weighted by molar-refractivity contribution is 7.19. The molecular formula is C12H11NS. The second kappa shape index (κ2) is 3.43. The van der Waals surface area contributed by atoms with Gasteiger partial charge in [0.25, 0.3) is 0 Å². The summed E-state index contributed by atoms with van der Waals surface area (Å²) < 4.78 is 1.29. The molecule has 1 aromatic heterocycles. The van der Waals surface area contributed by atoms with E-state index in [2.05, 4.69) is 38.1 Å². The fourth-order valence-electron chi connectivity index (χ4n) is 1.58. The monoisotopic (exact) mass is 201 g/mol. The van der Waals surface area contributed by atoms with E-state index in [-0.39, 0.29) is 0 Å². The van der Waals surface area contributed by atoms with Crippen LogP contribution in [0.25, 0.3) is 10.1 Å². The van der Waals surface area contributed by atoms with E-state index in [4.69, 9.17) is 5.26 Å². The Morgan fingerprint density at radius 1 is 1.36 bits per heavy atom. The van der Waals surface area contributed by atoms with Crippen molar-refractivity contribution in [2.75, 3.05) is 0 Å². The number of benzene rings is 1. The summed E-state index contributed by atoms with van der Waals surface area (Å²) in [5, 5.41) is 9.93. The number of nitriles is 1. The maximum Gasteiger partial charge on any atom is 0.0696 e. The average Bonchev–Trinajstić information content (AvgIpc) is 2.56. The van der Waals surface area contributed by atoms with Gasteiger partial charge in [0.15, 0.2) is 0 Å². The van der Waals surface area contributed by atoms with Crippen molar-refractivity contribution in [2.45, 2.75) is 20.3 Å². The molecule has 2 aromatic rings. The highest BCUT2D eigenvalue weighted by Gasteiger charge is 2.04. The third-order valence-electron chi connectivity index (χ3n) is 2.55. The molecule has 14 heavy (non-hydrogen) atoms. The second-order valence-corrected chi connectivity index (χ2v) is 4.64. The molecule has 0 radical (unpaired) electrons. The van der Waals surface area contributed by atoms with Crippen LogP contribution in [0, 0.1) is 25.2 Å². The van der Waals surface area contributed by atoms with Crippen LogP contribution in [0.3, 0.4) is 0 Å². The van der Waals surface area contributed by atoms with Crippen molar-refractivity contribution in [1.82, 2.24) is 0 Å². The van der Waals surface area contributed by atoms with Crippen LogP contribution in [0.5, 0.6) is 0 Å². The molecule has 0 fully saturated rings. The van der Waals surface area contributed by atoms with Crippen LogP contribution in [-0.2, 0) is 6.42 Å². The second-order valence-electron chi connectivity index (χ2n) is 3.47. The Labute approximate surface area is 87.6 Å². The minimum absolute atomic E-state index is 0.526. The van der Waals surface area contributed by atoms with Gasteiger partial charge in [-0.1, -0.05) is 6.07 Å². The topological polar surface area (TPSA) is 23.8 Å². The molecule has 0 bridgehead atoms. The molecule has 0 aliphatic carbocycles.